The molecule has 5 nitrogen and oxygen atoms in total. The Balaban J connectivity index is 1.45. The SMILES string of the molecule is CCOC(=O)c1cccnc1N1CCN(Cc2cccc3ccccc23)CC1. The maximum atomic E-state index is 12.2. The van der Waals surface area contributed by atoms with Crippen LogP contribution in [0, 0.1) is 0 Å². The van der Waals surface area contributed by atoms with Crippen LogP contribution in [-0.2, 0) is 11.3 Å². The predicted octanol–water partition coefficient (Wildman–Crippen LogP) is 3.73. The van der Waals surface area contributed by atoms with Crippen molar-refractivity contribution in [2.75, 3.05) is 37.7 Å². The van der Waals surface area contributed by atoms with Crippen molar-refractivity contribution >= 4 is 22.6 Å². The molecule has 0 bridgehead atoms. The van der Waals surface area contributed by atoms with E-state index in [2.05, 4.69) is 57.2 Å². The first kappa shape index (κ1) is 18.4. The number of anilines is 1. The molecule has 0 atom stereocenters. The van der Waals surface area contributed by atoms with Crippen molar-refractivity contribution in [2.45, 2.75) is 13.5 Å². The number of pyridine rings is 1. The highest BCUT2D eigenvalue weighted by molar-refractivity contribution is 5.94. The topological polar surface area (TPSA) is 45.7 Å². The van der Waals surface area contributed by atoms with E-state index in [1.54, 1.807) is 18.3 Å². The van der Waals surface area contributed by atoms with E-state index in [1.165, 1.54) is 16.3 Å². The second kappa shape index (κ2) is 8.40. The minimum Gasteiger partial charge on any atom is -0.462 e. The van der Waals surface area contributed by atoms with Gasteiger partial charge < -0.3 is 9.64 Å². The Hall–Kier alpha value is -2.92. The summed E-state index contributed by atoms with van der Waals surface area (Å²) in [7, 11) is 0. The standard InChI is InChI=1S/C23H25N3O2/c1-2-28-23(27)21-11-6-12-24-22(21)26-15-13-25(14-16-26)17-19-9-5-8-18-7-3-4-10-20(18)19/h3-12H,2,13-17H2,1H3. The van der Waals surface area contributed by atoms with E-state index >= 15 is 0 Å². The lowest BCUT2D eigenvalue weighted by Gasteiger charge is -2.36. The second-order valence-corrected chi connectivity index (χ2v) is 7.00. The fourth-order valence-corrected chi connectivity index (χ4v) is 3.81. The molecule has 1 aromatic heterocycles. The number of fused-ring (bicyclic) bond motifs is 1. The van der Waals surface area contributed by atoms with Crippen LogP contribution in [0.4, 0.5) is 5.82 Å². The fourth-order valence-electron chi connectivity index (χ4n) is 3.81. The Labute approximate surface area is 165 Å². The summed E-state index contributed by atoms with van der Waals surface area (Å²) in [5.41, 5.74) is 1.91. The van der Waals surface area contributed by atoms with Crippen LogP contribution in [0.2, 0.25) is 0 Å². The second-order valence-electron chi connectivity index (χ2n) is 7.00. The zero-order valence-corrected chi connectivity index (χ0v) is 16.2. The molecule has 1 aliphatic heterocycles. The summed E-state index contributed by atoms with van der Waals surface area (Å²) in [6.45, 7) is 6.67. The molecule has 0 aliphatic carbocycles. The van der Waals surface area contributed by atoms with Crippen LogP contribution in [0.25, 0.3) is 10.8 Å². The van der Waals surface area contributed by atoms with Crippen molar-refractivity contribution in [2.24, 2.45) is 0 Å². The number of nitrogens with zero attached hydrogens (tertiary/aromatic N) is 3. The lowest BCUT2D eigenvalue weighted by Crippen LogP contribution is -2.46. The zero-order chi connectivity index (χ0) is 19.3. The van der Waals surface area contributed by atoms with E-state index in [1.807, 2.05) is 6.92 Å². The third-order valence-electron chi connectivity index (χ3n) is 5.23. The van der Waals surface area contributed by atoms with Crippen LogP contribution >= 0.6 is 0 Å². The molecule has 1 saturated heterocycles. The van der Waals surface area contributed by atoms with Gasteiger partial charge >= 0.3 is 5.97 Å². The Morgan fingerprint density at radius 2 is 1.79 bits per heavy atom. The van der Waals surface area contributed by atoms with Gasteiger partial charge in [0.05, 0.1) is 6.61 Å². The number of benzene rings is 2. The van der Waals surface area contributed by atoms with Gasteiger partial charge in [0.15, 0.2) is 0 Å². The van der Waals surface area contributed by atoms with E-state index < -0.39 is 0 Å². The quantitative estimate of drug-likeness (QED) is 0.636. The van der Waals surface area contributed by atoms with Crippen LogP contribution in [0.15, 0.2) is 60.8 Å². The van der Waals surface area contributed by atoms with Crippen molar-refractivity contribution in [3.05, 3.63) is 71.9 Å². The molecule has 28 heavy (non-hydrogen) atoms. The van der Waals surface area contributed by atoms with Crippen LogP contribution in [0.1, 0.15) is 22.8 Å². The zero-order valence-electron chi connectivity index (χ0n) is 16.2. The number of esters is 1. The average Bonchev–Trinajstić information content (AvgIpc) is 2.75. The number of aromatic nitrogens is 1. The van der Waals surface area contributed by atoms with Gasteiger partial charge in [0.1, 0.15) is 11.4 Å². The van der Waals surface area contributed by atoms with E-state index in [0.29, 0.717) is 12.2 Å². The molecule has 2 heterocycles. The molecule has 144 valence electrons. The normalized spacial score (nSPS) is 15.0. The molecule has 2 aromatic carbocycles. The summed E-state index contributed by atoms with van der Waals surface area (Å²) in [6.07, 6.45) is 1.74. The van der Waals surface area contributed by atoms with Gasteiger partial charge in [0.25, 0.3) is 0 Å². The van der Waals surface area contributed by atoms with E-state index in [0.717, 1.165) is 38.5 Å². The summed E-state index contributed by atoms with van der Waals surface area (Å²) >= 11 is 0. The lowest BCUT2D eigenvalue weighted by atomic mass is 10.0. The molecule has 3 aromatic rings. The molecule has 4 rings (SSSR count). The number of rotatable bonds is 5. The molecular weight excluding hydrogens is 350 g/mol. The highest BCUT2D eigenvalue weighted by atomic mass is 16.5. The van der Waals surface area contributed by atoms with Crippen LogP contribution in [0.5, 0.6) is 0 Å². The highest BCUT2D eigenvalue weighted by Gasteiger charge is 2.23. The van der Waals surface area contributed by atoms with Gasteiger partial charge in [-0.25, -0.2) is 9.78 Å². The average molecular weight is 375 g/mol. The van der Waals surface area contributed by atoms with Gasteiger partial charge in [-0.2, -0.15) is 0 Å². The van der Waals surface area contributed by atoms with E-state index in [-0.39, 0.29) is 5.97 Å². The van der Waals surface area contributed by atoms with E-state index in [9.17, 15) is 4.79 Å². The third-order valence-corrected chi connectivity index (χ3v) is 5.23. The van der Waals surface area contributed by atoms with Crippen LogP contribution in [-0.4, -0.2) is 48.6 Å². The number of hydrogen-bond donors (Lipinski definition) is 0. The Kier molecular flexibility index (Phi) is 5.53. The Bertz CT molecular complexity index is 959. The number of hydrogen-bond acceptors (Lipinski definition) is 5. The van der Waals surface area contributed by atoms with Crippen LogP contribution < -0.4 is 4.90 Å². The van der Waals surface area contributed by atoms with Crippen molar-refractivity contribution in [1.82, 2.24) is 9.88 Å². The number of carbonyl (C=O) groups is 1. The smallest absolute Gasteiger partial charge is 0.341 e. The highest BCUT2D eigenvalue weighted by Crippen LogP contribution is 2.23. The number of piperazine rings is 1. The molecule has 0 spiro atoms. The molecule has 0 radical (unpaired) electrons. The van der Waals surface area contributed by atoms with Gasteiger partial charge in [-0.15, -0.1) is 0 Å². The minimum absolute atomic E-state index is 0.302. The van der Waals surface area contributed by atoms with Gasteiger partial charge in [-0.3, -0.25) is 4.90 Å². The molecule has 0 amide bonds. The largest absolute Gasteiger partial charge is 0.462 e. The third kappa shape index (κ3) is 3.85. The molecule has 1 fully saturated rings. The first-order valence-electron chi connectivity index (χ1n) is 9.82. The summed E-state index contributed by atoms with van der Waals surface area (Å²) in [5, 5.41) is 2.60. The summed E-state index contributed by atoms with van der Waals surface area (Å²) in [4.78, 5) is 21.4. The van der Waals surface area contributed by atoms with Gasteiger partial charge in [0.2, 0.25) is 0 Å². The van der Waals surface area contributed by atoms with Gasteiger partial charge in [0, 0.05) is 38.9 Å². The fraction of sp³-hybridized carbons (Fsp3) is 0.304. The molecule has 0 saturated carbocycles. The van der Waals surface area contributed by atoms with Crippen molar-refractivity contribution in [1.29, 1.82) is 0 Å². The Morgan fingerprint density at radius 1 is 1.00 bits per heavy atom. The predicted molar refractivity (Wildman–Crippen MR) is 112 cm³/mol. The minimum atomic E-state index is -0.302. The number of carbonyl (C=O) groups excluding carboxylic acids is 1. The first-order chi connectivity index (χ1) is 13.8. The first-order valence-corrected chi connectivity index (χ1v) is 9.82. The molecule has 0 N–H and O–H groups in total. The van der Waals surface area contributed by atoms with Gasteiger partial charge in [-0.05, 0) is 35.4 Å². The van der Waals surface area contributed by atoms with Crippen LogP contribution in [0.3, 0.4) is 0 Å². The molecular formula is C23H25N3O2. The Morgan fingerprint density at radius 3 is 2.61 bits per heavy atom. The summed E-state index contributed by atoms with van der Waals surface area (Å²) < 4.78 is 5.18. The molecule has 1 aliphatic rings. The van der Waals surface area contributed by atoms with Crippen molar-refractivity contribution in [3.63, 3.8) is 0 Å². The van der Waals surface area contributed by atoms with E-state index in [4.69, 9.17) is 4.74 Å². The molecule has 5 heteroatoms. The lowest BCUT2D eigenvalue weighted by molar-refractivity contribution is 0.0526. The maximum absolute atomic E-state index is 12.2. The van der Waals surface area contributed by atoms with Crippen molar-refractivity contribution in [3.8, 4) is 0 Å². The monoisotopic (exact) mass is 375 g/mol. The number of ether oxygens (including phenoxy) is 1. The van der Waals surface area contributed by atoms with Crippen molar-refractivity contribution < 1.29 is 9.53 Å². The molecule has 0 unspecified atom stereocenters. The van der Waals surface area contributed by atoms with Gasteiger partial charge in [-0.1, -0.05) is 42.5 Å². The summed E-state index contributed by atoms with van der Waals surface area (Å²) in [6, 6.07) is 18.6. The summed E-state index contributed by atoms with van der Waals surface area (Å²) in [5.74, 6) is 0.426. The maximum Gasteiger partial charge on any atom is 0.341 e.